The molecule has 0 bridgehead atoms. The van der Waals surface area contributed by atoms with Crippen LogP contribution >= 0.6 is 0 Å². The Hall–Kier alpha value is -1.72. The second-order valence-electron chi connectivity index (χ2n) is 5.04. The smallest absolute Gasteiger partial charge is 0.349 e. The zero-order valence-corrected chi connectivity index (χ0v) is 12.4. The summed E-state index contributed by atoms with van der Waals surface area (Å²) in [6.07, 6.45) is -4.30. The Kier molecular flexibility index (Phi) is 5.03. The number of rotatable bonds is 2. The predicted molar refractivity (Wildman–Crippen MR) is 74.7 cm³/mol. The van der Waals surface area contributed by atoms with Crippen molar-refractivity contribution >= 4 is 5.96 Å². The van der Waals surface area contributed by atoms with Crippen molar-refractivity contribution in [3.8, 4) is 0 Å². The van der Waals surface area contributed by atoms with Gasteiger partial charge in [-0.3, -0.25) is 0 Å². The number of aliphatic imine (C=N–C) groups is 1. The second kappa shape index (κ2) is 6.15. The lowest BCUT2D eigenvalue weighted by molar-refractivity contribution is -0.137. The molecule has 112 valence electrons. The van der Waals surface area contributed by atoms with Crippen molar-refractivity contribution < 1.29 is 13.2 Å². The molecule has 0 N–H and O–H groups in total. The van der Waals surface area contributed by atoms with Crippen molar-refractivity contribution in [1.29, 1.82) is 0 Å². The van der Waals surface area contributed by atoms with Gasteiger partial charge in [-0.25, -0.2) is 4.99 Å². The molecule has 1 aromatic carbocycles. The minimum Gasteiger partial charge on any atom is -0.349 e. The number of aryl methyl sites for hydroxylation is 1. The van der Waals surface area contributed by atoms with Crippen LogP contribution in [-0.2, 0) is 12.7 Å². The van der Waals surface area contributed by atoms with E-state index in [9.17, 15) is 13.2 Å². The summed E-state index contributed by atoms with van der Waals surface area (Å²) in [6.45, 7) is 2.03. The van der Waals surface area contributed by atoms with E-state index in [1.165, 1.54) is 6.07 Å². The molecule has 0 spiro atoms. The number of hydrogen-bond acceptors (Lipinski definition) is 1. The molecule has 0 amide bonds. The minimum atomic E-state index is -4.30. The van der Waals surface area contributed by atoms with Crippen molar-refractivity contribution in [2.75, 3.05) is 28.2 Å². The van der Waals surface area contributed by atoms with Crippen LogP contribution in [0.4, 0.5) is 13.2 Å². The minimum absolute atomic E-state index is 0.357. The van der Waals surface area contributed by atoms with Gasteiger partial charge in [-0.05, 0) is 30.2 Å². The van der Waals surface area contributed by atoms with Gasteiger partial charge in [0.15, 0.2) is 5.96 Å². The topological polar surface area (TPSA) is 18.8 Å². The van der Waals surface area contributed by atoms with Crippen LogP contribution in [0.5, 0.6) is 0 Å². The molecule has 0 aliphatic heterocycles. The molecular weight excluding hydrogens is 267 g/mol. The first-order valence-electron chi connectivity index (χ1n) is 6.18. The summed E-state index contributed by atoms with van der Waals surface area (Å²) < 4.78 is 37.8. The van der Waals surface area contributed by atoms with E-state index in [1.807, 2.05) is 38.0 Å². The molecule has 0 aliphatic rings. The first-order chi connectivity index (χ1) is 9.12. The molecule has 1 rings (SSSR count). The van der Waals surface area contributed by atoms with Gasteiger partial charge in [0.1, 0.15) is 0 Å². The Bertz CT molecular complexity index is 481. The fourth-order valence-corrected chi connectivity index (χ4v) is 1.89. The summed E-state index contributed by atoms with van der Waals surface area (Å²) in [4.78, 5) is 8.15. The lowest BCUT2D eigenvalue weighted by Crippen LogP contribution is -2.35. The molecule has 0 atom stereocenters. The normalized spacial score (nSPS) is 11.2. The maximum atomic E-state index is 12.6. The monoisotopic (exact) mass is 287 g/mol. The number of halogens is 3. The van der Waals surface area contributed by atoms with E-state index in [2.05, 4.69) is 4.99 Å². The molecule has 20 heavy (non-hydrogen) atoms. The van der Waals surface area contributed by atoms with E-state index in [1.54, 1.807) is 6.92 Å². The summed E-state index contributed by atoms with van der Waals surface area (Å²) in [6, 6.07) is 3.75. The van der Waals surface area contributed by atoms with Gasteiger partial charge < -0.3 is 9.80 Å². The lowest BCUT2D eigenvalue weighted by Gasteiger charge is -2.22. The average molecular weight is 287 g/mol. The van der Waals surface area contributed by atoms with E-state index >= 15 is 0 Å². The first kappa shape index (κ1) is 16.3. The molecular formula is C14H20F3N3. The average Bonchev–Trinajstić information content (AvgIpc) is 2.28. The van der Waals surface area contributed by atoms with E-state index in [4.69, 9.17) is 0 Å². The van der Waals surface area contributed by atoms with Crippen LogP contribution < -0.4 is 0 Å². The highest BCUT2D eigenvalue weighted by atomic mass is 19.4. The molecule has 0 saturated carbocycles. The molecule has 0 radical (unpaired) electrons. The Labute approximate surface area is 117 Å². The van der Waals surface area contributed by atoms with Gasteiger partial charge in [0.25, 0.3) is 0 Å². The number of guanidine groups is 1. The maximum absolute atomic E-state index is 12.6. The van der Waals surface area contributed by atoms with Gasteiger partial charge in [0.05, 0.1) is 12.1 Å². The maximum Gasteiger partial charge on any atom is 0.416 e. The third-order valence-electron chi connectivity index (χ3n) is 2.86. The fraction of sp³-hybridized carbons (Fsp3) is 0.500. The summed E-state index contributed by atoms with van der Waals surface area (Å²) in [5.41, 5.74) is 0.766. The van der Waals surface area contributed by atoms with Crippen LogP contribution in [0.2, 0.25) is 0 Å². The van der Waals surface area contributed by atoms with Crippen molar-refractivity contribution in [2.24, 2.45) is 4.99 Å². The first-order valence-corrected chi connectivity index (χ1v) is 6.18. The largest absolute Gasteiger partial charge is 0.416 e. The van der Waals surface area contributed by atoms with Crippen molar-refractivity contribution in [1.82, 2.24) is 9.80 Å². The summed E-state index contributed by atoms with van der Waals surface area (Å²) in [5, 5.41) is 0. The van der Waals surface area contributed by atoms with Crippen molar-refractivity contribution in [3.05, 3.63) is 34.9 Å². The van der Waals surface area contributed by atoms with E-state index < -0.39 is 11.7 Å². The molecule has 0 aromatic heterocycles. The van der Waals surface area contributed by atoms with E-state index in [-0.39, 0.29) is 0 Å². The quantitative estimate of drug-likeness (QED) is 0.615. The predicted octanol–water partition coefficient (Wildman–Crippen LogP) is 2.99. The highest BCUT2D eigenvalue weighted by molar-refractivity contribution is 5.79. The molecule has 0 fully saturated rings. The van der Waals surface area contributed by atoms with Crippen LogP contribution in [-0.4, -0.2) is 44.0 Å². The molecule has 3 nitrogen and oxygen atoms in total. The number of nitrogens with zero attached hydrogens (tertiary/aromatic N) is 3. The highest BCUT2D eigenvalue weighted by Crippen LogP contribution is 2.30. The molecule has 6 heteroatoms. The molecule has 0 aliphatic carbocycles. The van der Waals surface area contributed by atoms with Crippen molar-refractivity contribution in [3.63, 3.8) is 0 Å². The highest BCUT2D eigenvalue weighted by Gasteiger charge is 2.30. The Morgan fingerprint density at radius 3 is 2.05 bits per heavy atom. The van der Waals surface area contributed by atoms with Gasteiger partial charge in [-0.2, -0.15) is 13.2 Å². The van der Waals surface area contributed by atoms with Crippen LogP contribution in [0, 0.1) is 6.92 Å². The Morgan fingerprint density at radius 2 is 1.65 bits per heavy atom. The third kappa shape index (κ3) is 4.15. The van der Waals surface area contributed by atoms with Crippen LogP contribution in [0.1, 0.15) is 16.7 Å². The zero-order chi connectivity index (χ0) is 15.5. The summed E-state index contributed by atoms with van der Waals surface area (Å²) in [7, 11) is 7.49. The second-order valence-corrected chi connectivity index (χ2v) is 5.04. The van der Waals surface area contributed by atoms with E-state index in [0.717, 1.165) is 23.7 Å². The van der Waals surface area contributed by atoms with Crippen LogP contribution in [0.25, 0.3) is 0 Å². The summed E-state index contributed by atoms with van der Waals surface area (Å²) in [5.74, 6) is 0.768. The van der Waals surface area contributed by atoms with E-state index in [0.29, 0.717) is 12.1 Å². The van der Waals surface area contributed by atoms with Gasteiger partial charge in [-0.1, -0.05) is 6.07 Å². The Morgan fingerprint density at radius 1 is 1.10 bits per heavy atom. The van der Waals surface area contributed by atoms with Gasteiger partial charge >= 0.3 is 6.18 Å². The third-order valence-corrected chi connectivity index (χ3v) is 2.86. The molecule has 0 heterocycles. The van der Waals surface area contributed by atoms with Gasteiger partial charge in [-0.15, -0.1) is 0 Å². The number of hydrogen-bond donors (Lipinski definition) is 0. The molecule has 0 unspecified atom stereocenters. The van der Waals surface area contributed by atoms with Crippen molar-refractivity contribution in [2.45, 2.75) is 19.6 Å². The number of alkyl halides is 3. The lowest BCUT2D eigenvalue weighted by atomic mass is 10.0. The Balaban J connectivity index is 2.97. The zero-order valence-electron chi connectivity index (χ0n) is 12.4. The van der Waals surface area contributed by atoms with Crippen LogP contribution in [0.3, 0.4) is 0 Å². The fourth-order valence-electron chi connectivity index (χ4n) is 1.89. The molecule has 0 saturated heterocycles. The van der Waals surface area contributed by atoms with Gasteiger partial charge in [0, 0.05) is 28.2 Å². The summed E-state index contributed by atoms with van der Waals surface area (Å²) >= 11 is 0. The standard InChI is InChI=1S/C14H20F3N3/c1-10-8-12(14(15,16)17)7-6-11(10)9-18-13(19(2)3)20(4)5/h6-8H,9H2,1-5H3. The van der Waals surface area contributed by atoms with Crippen LogP contribution in [0.15, 0.2) is 23.2 Å². The molecule has 1 aromatic rings. The van der Waals surface area contributed by atoms with Gasteiger partial charge in [0.2, 0.25) is 0 Å². The number of benzene rings is 1. The SMILES string of the molecule is Cc1cc(C(F)(F)F)ccc1CN=C(N(C)C)N(C)C.